The topological polar surface area (TPSA) is 88.2 Å². The largest absolute Gasteiger partial charge is 0.391 e. The summed E-state index contributed by atoms with van der Waals surface area (Å²) < 4.78 is 5.35. The van der Waals surface area contributed by atoms with Crippen LogP contribution in [0.3, 0.4) is 0 Å². The maximum absolute atomic E-state index is 10.3. The first-order valence-corrected chi connectivity index (χ1v) is 8.30. The van der Waals surface area contributed by atoms with Crippen molar-refractivity contribution >= 4 is 0 Å². The predicted molar refractivity (Wildman–Crippen MR) is 90.2 cm³/mol. The molecule has 0 radical (unpaired) electrons. The molecule has 3 aromatic rings. The maximum Gasteiger partial charge on any atom is 0.241 e. The second kappa shape index (κ2) is 7.08. The molecule has 4 heterocycles. The number of nitrogens with zero attached hydrogens (tertiary/aromatic N) is 5. The molecule has 1 aliphatic rings. The Kier molecular flexibility index (Phi) is 4.49. The minimum Gasteiger partial charge on any atom is -0.391 e. The Morgan fingerprint density at radius 1 is 1.12 bits per heavy atom. The molecule has 0 aliphatic carbocycles. The maximum atomic E-state index is 10.3. The Hall–Kier alpha value is -2.64. The van der Waals surface area contributed by atoms with Crippen LogP contribution < -0.4 is 0 Å². The zero-order chi connectivity index (χ0) is 17.1. The molecule has 1 N–H and O–H groups in total. The lowest BCUT2D eigenvalue weighted by Gasteiger charge is -2.13. The summed E-state index contributed by atoms with van der Waals surface area (Å²) in [5.41, 5.74) is 2.02. The Labute approximate surface area is 145 Å². The van der Waals surface area contributed by atoms with Gasteiger partial charge in [-0.1, -0.05) is 5.16 Å². The SMILES string of the molecule is O[C@@H]1CN(Cc2nc(-c3cccnc3)no2)C[C@H]1Cc1ccncc1. The van der Waals surface area contributed by atoms with E-state index in [2.05, 4.69) is 25.0 Å². The molecule has 7 heteroatoms. The van der Waals surface area contributed by atoms with Crippen molar-refractivity contribution in [3.63, 3.8) is 0 Å². The van der Waals surface area contributed by atoms with Crippen molar-refractivity contribution in [1.29, 1.82) is 0 Å². The Morgan fingerprint density at radius 3 is 2.80 bits per heavy atom. The normalized spacial score (nSPS) is 20.8. The van der Waals surface area contributed by atoms with Gasteiger partial charge < -0.3 is 9.63 Å². The highest BCUT2D eigenvalue weighted by atomic mass is 16.5. The molecule has 1 fully saturated rings. The molecular weight excluding hydrogens is 318 g/mol. The highest BCUT2D eigenvalue weighted by Gasteiger charge is 2.32. The highest BCUT2D eigenvalue weighted by Crippen LogP contribution is 2.23. The van der Waals surface area contributed by atoms with E-state index in [1.165, 1.54) is 5.56 Å². The fraction of sp³-hybridized carbons (Fsp3) is 0.333. The van der Waals surface area contributed by atoms with E-state index in [0.29, 0.717) is 24.8 Å². The molecule has 1 aliphatic heterocycles. The number of β-amino-alcohol motifs (C(OH)–C–C–N with tert-alkyl or cyclic N) is 1. The van der Waals surface area contributed by atoms with Crippen molar-refractivity contribution in [2.24, 2.45) is 5.92 Å². The van der Waals surface area contributed by atoms with Gasteiger partial charge in [0.2, 0.25) is 11.7 Å². The van der Waals surface area contributed by atoms with Crippen LogP contribution in [0.2, 0.25) is 0 Å². The second-order valence-corrected chi connectivity index (χ2v) is 6.33. The first-order chi connectivity index (χ1) is 12.3. The average molecular weight is 337 g/mol. The summed E-state index contributed by atoms with van der Waals surface area (Å²) in [7, 11) is 0. The van der Waals surface area contributed by atoms with Crippen LogP contribution in [0.15, 0.2) is 53.6 Å². The highest BCUT2D eigenvalue weighted by molar-refractivity contribution is 5.51. The summed E-state index contributed by atoms with van der Waals surface area (Å²) in [6.07, 6.45) is 7.47. The van der Waals surface area contributed by atoms with E-state index in [1.807, 2.05) is 24.3 Å². The number of pyridine rings is 2. The van der Waals surface area contributed by atoms with Crippen molar-refractivity contribution in [2.75, 3.05) is 13.1 Å². The number of aliphatic hydroxyl groups is 1. The summed E-state index contributed by atoms with van der Waals surface area (Å²) in [4.78, 5) is 14.7. The van der Waals surface area contributed by atoms with Crippen molar-refractivity contribution in [3.8, 4) is 11.4 Å². The summed E-state index contributed by atoms with van der Waals surface area (Å²) in [6, 6.07) is 7.72. The van der Waals surface area contributed by atoms with Crippen LogP contribution in [-0.2, 0) is 13.0 Å². The van der Waals surface area contributed by atoms with Crippen molar-refractivity contribution in [2.45, 2.75) is 19.1 Å². The van der Waals surface area contributed by atoms with E-state index >= 15 is 0 Å². The molecule has 0 spiro atoms. The standard InChI is InChI=1S/C18H19N5O2/c24-16-11-23(10-15(16)8-13-3-6-19-7-4-13)12-17-21-18(22-25-17)14-2-1-5-20-9-14/h1-7,9,15-16,24H,8,10-12H2/t15-,16-/m1/s1. The molecule has 1 saturated heterocycles. The van der Waals surface area contributed by atoms with Crippen LogP contribution in [0.25, 0.3) is 11.4 Å². The lowest BCUT2D eigenvalue weighted by molar-refractivity contribution is 0.139. The van der Waals surface area contributed by atoms with E-state index in [0.717, 1.165) is 18.5 Å². The smallest absolute Gasteiger partial charge is 0.241 e. The number of hydrogen-bond donors (Lipinski definition) is 1. The molecule has 0 aromatic carbocycles. The Balaban J connectivity index is 1.38. The molecular formula is C18H19N5O2. The summed E-state index contributed by atoms with van der Waals surface area (Å²) in [6.45, 7) is 1.95. The van der Waals surface area contributed by atoms with E-state index < -0.39 is 0 Å². The minimum atomic E-state index is -0.353. The quantitative estimate of drug-likeness (QED) is 0.756. The predicted octanol–water partition coefficient (Wildman–Crippen LogP) is 1.56. The van der Waals surface area contributed by atoms with Crippen molar-refractivity contribution in [3.05, 3.63) is 60.5 Å². The van der Waals surface area contributed by atoms with Crippen LogP contribution in [0.4, 0.5) is 0 Å². The molecule has 0 amide bonds. The van der Waals surface area contributed by atoms with Crippen LogP contribution in [0.1, 0.15) is 11.5 Å². The van der Waals surface area contributed by atoms with Gasteiger partial charge in [0.1, 0.15) is 0 Å². The van der Waals surface area contributed by atoms with E-state index in [9.17, 15) is 5.11 Å². The Morgan fingerprint density at radius 2 is 2.00 bits per heavy atom. The summed E-state index contributed by atoms with van der Waals surface area (Å²) >= 11 is 0. The number of aromatic nitrogens is 4. The first-order valence-electron chi connectivity index (χ1n) is 8.30. The van der Waals surface area contributed by atoms with Crippen molar-refractivity contribution < 1.29 is 9.63 Å². The van der Waals surface area contributed by atoms with Gasteiger partial charge in [-0.2, -0.15) is 4.98 Å². The van der Waals surface area contributed by atoms with Gasteiger partial charge in [0.05, 0.1) is 12.6 Å². The van der Waals surface area contributed by atoms with Gasteiger partial charge in [0.25, 0.3) is 0 Å². The lowest BCUT2D eigenvalue weighted by atomic mass is 9.97. The molecule has 0 unspecified atom stereocenters. The Bertz CT molecular complexity index is 809. The van der Waals surface area contributed by atoms with Gasteiger partial charge in [0, 0.05) is 49.4 Å². The molecule has 4 rings (SSSR count). The average Bonchev–Trinajstić information content (AvgIpc) is 3.24. The van der Waals surface area contributed by atoms with Gasteiger partial charge in [-0.25, -0.2) is 0 Å². The van der Waals surface area contributed by atoms with Gasteiger partial charge in [-0.05, 0) is 36.2 Å². The van der Waals surface area contributed by atoms with Crippen LogP contribution in [0, 0.1) is 5.92 Å². The number of likely N-dealkylation sites (tertiary alicyclic amines) is 1. The number of aliphatic hydroxyl groups excluding tert-OH is 1. The molecule has 2 atom stereocenters. The van der Waals surface area contributed by atoms with E-state index in [1.54, 1.807) is 24.8 Å². The van der Waals surface area contributed by atoms with E-state index in [4.69, 9.17) is 4.52 Å². The number of rotatable bonds is 5. The fourth-order valence-electron chi connectivity index (χ4n) is 3.22. The van der Waals surface area contributed by atoms with Gasteiger partial charge in [-0.15, -0.1) is 0 Å². The molecule has 25 heavy (non-hydrogen) atoms. The molecule has 3 aromatic heterocycles. The molecule has 0 bridgehead atoms. The monoisotopic (exact) mass is 337 g/mol. The molecule has 128 valence electrons. The molecule has 7 nitrogen and oxygen atoms in total. The first kappa shape index (κ1) is 15.9. The summed E-state index contributed by atoms with van der Waals surface area (Å²) in [5.74, 6) is 1.29. The van der Waals surface area contributed by atoms with Crippen LogP contribution in [0.5, 0.6) is 0 Å². The second-order valence-electron chi connectivity index (χ2n) is 6.33. The third kappa shape index (κ3) is 3.72. The van der Waals surface area contributed by atoms with Crippen molar-refractivity contribution in [1.82, 2.24) is 25.0 Å². The van der Waals surface area contributed by atoms with Gasteiger partial charge >= 0.3 is 0 Å². The van der Waals surface area contributed by atoms with Gasteiger partial charge in [-0.3, -0.25) is 14.9 Å². The molecule has 0 saturated carbocycles. The van der Waals surface area contributed by atoms with Crippen LogP contribution in [-0.4, -0.2) is 49.3 Å². The van der Waals surface area contributed by atoms with Crippen LogP contribution >= 0.6 is 0 Å². The number of hydrogen-bond acceptors (Lipinski definition) is 7. The third-order valence-corrected chi connectivity index (χ3v) is 4.48. The summed E-state index contributed by atoms with van der Waals surface area (Å²) in [5, 5.41) is 14.4. The minimum absolute atomic E-state index is 0.197. The zero-order valence-corrected chi connectivity index (χ0v) is 13.7. The lowest BCUT2D eigenvalue weighted by Crippen LogP contribution is -2.21. The van der Waals surface area contributed by atoms with E-state index in [-0.39, 0.29) is 12.0 Å². The van der Waals surface area contributed by atoms with Gasteiger partial charge in [0.15, 0.2) is 0 Å². The third-order valence-electron chi connectivity index (χ3n) is 4.48. The fourth-order valence-corrected chi connectivity index (χ4v) is 3.22. The zero-order valence-electron chi connectivity index (χ0n) is 13.7.